The highest BCUT2D eigenvalue weighted by Gasteiger charge is 1.97. The lowest BCUT2D eigenvalue weighted by Crippen LogP contribution is -1.93. The molecule has 0 bridgehead atoms. The summed E-state index contributed by atoms with van der Waals surface area (Å²) >= 11 is 0. The van der Waals surface area contributed by atoms with Crippen molar-refractivity contribution in [1.82, 2.24) is 0 Å². The molecule has 2 heteroatoms. The molecule has 0 atom stereocenters. The van der Waals surface area contributed by atoms with Crippen molar-refractivity contribution in [1.29, 1.82) is 0 Å². The fourth-order valence-electron chi connectivity index (χ4n) is 0.476. The minimum absolute atomic E-state index is 0.220. The van der Waals surface area contributed by atoms with E-state index in [1.165, 1.54) is 18.2 Å². The number of hydrogen-bond acceptors (Lipinski definition) is 1. The first-order valence-corrected chi connectivity index (χ1v) is 2.41. The first-order chi connectivity index (χ1) is 4.30. The molecule has 0 spiro atoms. The van der Waals surface area contributed by atoms with Gasteiger partial charge in [0, 0.05) is 0 Å². The molecule has 2 nitrogen and oxygen atoms in total. The summed E-state index contributed by atoms with van der Waals surface area (Å²) in [6.45, 7) is 0. The maximum Gasteiger partial charge on any atom is 0.335 e. The highest BCUT2D eigenvalue weighted by atomic mass is 16.4. The summed E-state index contributed by atoms with van der Waals surface area (Å²) in [7, 11) is 0. The van der Waals surface area contributed by atoms with E-state index in [4.69, 9.17) is 5.11 Å². The third-order valence-corrected chi connectivity index (χ3v) is 0.891. The highest BCUT2D eigenvalue weighted by molar-refractivity contribution is 5.87. The molecule has 0 aromatic heterocycles. The van der Waals surface area contributed by atoms with Crippen LogP contribution in [-0.2, 0) is 0 Å². The predicted molar refractivity (Wildman–Crippen MR) is 31.1 cm³/mol. The van der Waals surface area contributed by atoms with Gasteiger partial charge in [0.2, 0.25) is 0 Å². The van der Waals surface area contributed by atoms with Crippen LogP contribution in [0.2, 0.25) is 0 Å². The van der Waals surface area contributed by atoms with Crippen LogP contribution in [0.4, 0.5) is 0 Å². The van der Waals surface area contributed by atoms with Gasteiger partial charge in [0.25, 0.3) is 0 Å². The van der Waals surface area contributed by atoms with Gasteiger partial charge in [0.1, 0.15) is 0 Å². The van der Waals surface area contributed by atoms with Crippen LogP contribution in [-0.4, -0.2) is 11.1 Å². The smallest absolute Gasteiger partial charge is 0.335 e. The van der Waals surface area contributed by atoms with Gasteiger partial charge in [-0.15, -0.1) is 0 Å². The molecule has 0 saturated carbocycles. The molecule has 1 rings (SSSR count). The van der Waals surface area contributed by atoms with E-state index >= 15 is 0 Å². The number of carboxylic acid groups (broad SMARTS) is 1. The lowest BCUT2D eigenvalue weighted by atomic mass is 10.2. The highest BCUT2D eigenvalue weighted by Crippen LogP contribution is 1.94. The topological polar surface area (TPSA) is 37.3 Å². The molecular weight excluding hydrogens is 116 g/mol. The number of benzene rings is 1. The fraction of sp³-hybridized carbons (Fsp3) is 0. The molecule has 0 aliphatic rings. The summed E-state index contributed by atoms with van der Waals surface area (Å²) in [6, 6.07) is 9.55. The molecule has 0 aliphatic heterocycles. The van der Waals surface area contributed by atoms with Crippen molar-refractivity contribution in [2.24, 2.45) is 0 Å². The Kier molecular flexibility index (Phi) is 1.49. The Balaban J connectivity index is 2.98. The molecule has 1 aromatic rings. The van der Waals surface area contributed by atoms with E-state index in [1.807, 2.05) is 0 Å². The second-order valence-corrected chi connectivity index (χ2v) is 1.53. The van der Waals surface area contributed by atoms with Gasteiger partial charge in [-0.25, -0.2) is 4.79 Å². The number of hydrogen-bond donors (Lipinski definition) is 1. The molecule has 0 unspecified atom stereocenters. The van der Waals surface area contributed by atoms with E-state index in [2.05, 4.69) is 12.1 Å². The fourth-order valence-corrected chi connectivity index (χ4v) is 0.476. The summed E-state index contributed by atoms with van der Waals surface area (Å²) in [5, 5.41) is 8.34. The van der Waals surface area contributed by atoms with E-state index in [0.29, 0.717) is 0 Å². The number of carboxylic acids is 1. The van der Waals surface area contributed by atoms with Gasteiger partial charge < -0.3 is 5.11 Å². The number of carbonyl (C=O) groups is 1. The maximum absolute atomic E-state index is 10.2. The summed E-state index contributed by atoms with van der Waals surface area (Å²) in [5.74, 6) is -0.942. The molecule has 9 heavy (non-hydrogen) atoms. The third kappa shape index (κ3) is 1.29. The second-order valence-electron chi connectivity index (χ2n) is 1.53. The van der Waals surface area contributed by atoms with Gasteiger partial charge in [-0.05, 0) is 30.3 Å². The van der Waals surface area contributed by atoms with E-state index in [0.717, 1.165) is 0 Å². The number of rotatable bonds is 1. The minimum Gasteiger partial charge on any atom is -0.478 e. The minimum atomic E-state index is -0.942. The van der Waals surface area contributed by atoms with Crippen molar-refractivity contribution in [2.45, 2.75) is 0 Å². The van der Waals surface area contributed by atoms with E-state index in [-0.39, 0.29) is 5.56 Å². The first-order valence-electron chi connectivity index (χ1n) is 2.41. The normalized spacial score (nSPS) is 8.89. The Morgan fingerprint density at radius 2 is 2.00 bits per heavy atom. The zero-order chi connectivity index (χ0) is 6.69. The lowest BCUT2D eigenvalue weighted by molar-refractivity contribution is 0.0697. The van der Waals surface area contributed by atoms with Crippen molar-refractivity contribution in [3.8, 4) is 0 Å². The predicted octanol–water partition coefficient (Wildman–Crippen LogP) is 0.985. The van der Waals surface area contributed by atoms with Crippen molar-refractivity contribution in [3.63, 3.8) is 0 Å². The van der Waals surface area contributed by atoms with Crippen molar-refractivity contribution < 1.29 is 9.90 Å². The Morgan fingerprint density at radius 1 is 1.44 bits per heavy atom. The first kappa shape index (κ1) is 5.82. The molecule has 2 radical (unpaired) electrons. The van der Waals surface area contributed by atoms with Gasteiger partial charge in [0.05, 0.1) is 5.56 Å². The van der Waals surface area contributed by atoms with Gasteiger partial charge in [-0.2, -0.15) is 0 Å². The molecule has 0 aliphatic carbocycles. The Hall–Kier alpha value is -1.31. The van der Waals surface area contributed by atoms with Crippen LogP contribution in [0, 0.1) is 12.1 Å². The van der Waals surface area contributed by atoms with Crippen LogP contribution in [0.15, 0.2) is 18.2 Å². The molecule has 1 aromatic carbocycles. The summed E-state index contributed by atoms with van der Waals surface area (Å²) in [6.07, 6.45) is 0. The van der Waals surface area contributed by atoms with Crippen LogP contribution in [0.5, 0.6) is 0 Å². The monoisotopic (exact) mass is 120 g/mol. The van der Waals surface area contributed by atoms with Crippen molar-refractivity contribution >= 4 is 5.97 Å². The van der Waals surface area contributed by atoms with E-state index in [1.54, 1.807) is 0 Å². The molecule has 0 heterocycles. The van der Waals surface area contributed by atoms with Crippen molar-refractivity contribution in [2.75, 3.05) is 0 Å². The van der Waals surface area contributed by atoms with Crippen LogP contribution >= 0.6 is 0 Å². The van der Waals surface area contributed by atoms with Gasteiger partial charge >= 0.3 is 5.97 Å². The zero-order valence-electron chi connectivity index (χ0n) is 4.59. The third-order valence-electron chi connectivity index (χ3n) is 0.891. The average Bonchev–Trinajstić information content (AvgIpc) is 1.90. The average molecular weight is 120 g/mol. The quantitative estimate of drug-likeness (QED) is 0.599. The van der Waals surface area contributed by atoms with Crippen molar-refractivity contribution in [3.05, 3.63) is 35.9 Å². The van der Waals surface area contributed by atoms with Crippen LogP contribution in [0.3, 0.4) is 0 Å². The van der Waals surface area contributed by atoms with Gasteiger partial charge in [-0.3, -0.25) is 0 Å². The molecule has 44 valence electrons. The largest absolute Gasteiger partial charge is 0.478 e. The van der Waals surface area contributed by atoms with Crippen LogP contribution < -0.4 is 0 Å². The molecule has 0 amide bonds. The maximum atomic E-state index is 10.2. The van der Waals surface area contributed by atoms with E-state index < -0.39 is 5.97 Å². The van der Waals surface area contributed by atoms with Gasteiger partial charge in [0.15, 0.2) is 0 Å². The second kappa shape index (κ2) is 2.31. The molecule has 0 saturated heterocycles. The van der Waals surface area contributed by atoms with Gasteiger partial charge in [-0.1, -0.05) is 0 Å². The molecular formula is C7H4O2. The molecule has 1 N–H and O–H groups in total. The van der Waals surface area contributed by atoms with Crippen LogP contribution in [0.25, 0.3) is 0 Å². The Labute approximate surface area is 52.8 Å². The summed E-state index contributed by atoms with van der Waals surface area (Å²) in [5.41, 5.74) is 0.220. The zero-order valence-corrected chi connectivity index (χ0v) is 4.59. The summed E-state index contributed by atoms with van der Waals surface area (Å²) < 4.78 is 0. The molecule has 0 fully saturated rings. The number of aromatic carboxylic acids is 1. The standard InChI is InChI=1S/C7H4O2/c8-7(9)6-4-2-1-3-5-6/h1,4-5H,(H,8,9). The SMILES string of the molecule is O=C(O)c1c[c]c[c]c1. The summed E-state index contributed by atoms with van der Waals surface area (Å²) in [4.78, 5) is 10.2. The Morgan fingerprint density at radius 3 is 2.33 bits per heavy atom. The lowest BCUT2D eigenvalue weighted by Gasteiger charge is -1.87. The Bertz CT molecular complexity index is 203. The van der Waals surface area contributed by atoms with E-state index in [9.17, 15) is 4.79 Å². The van der Waals surface area contributed by atoms with Crippen LogP contribution in [0.1, 0.15) is 10.4 Å².